The van der Waals surface area contributed by atoms with Crippen LogP contribution in [0.15, 0.2) is 18.3 Å². The van der Waals surface area contributed by atoms with Crippen molar-refractivity contribution in [2.24, 2.45) is 5.73 Å². The highest BCUT2D eigenvalue weighted by molar-refractivity contribution is 7.80. The molecule has 1 heterocycles. The van der Waals surface area contributed by atoms with E-state index in [0.29, 0.717) is 23.9 Å². The normalized spacial score (nSPS) is 10.1. The van der Waals surface area contributed by atoms with Crippen molar-refractivity contribution in [3.8, 4) is 5.88 Å². The fourth-order valence-corrected chi connectivity index (χ4v) is 1.62. The predicted molar refractivity (Wildman–Crippen MR) is 76.3 cm³/mol. The van der Waals surface area contributed by atoms with Crippen LogP contribution in [0.2, 0.25) is 0 Å². The van der Waals surface area contributed by atoms with Gasteiger partial charge in [0.2, 0.25) is 5.88 Å². The number of anilines is 1. The van der Waals surface area contributed by atoms with Crippen LogP contribution in [0.25, 0.3) is 0 Å². The summed E-state index contributed by atoms with van der Waals surface area (Å²) in [7, 11) is 3.28. The minimum atomic E-state index is 0.512. The van der Waals surface area contributed by atoms with Crippen LogP contribution in [-0.2, 0) is 4.74 Å². The molecule has 1 aromatic rings. The Morgan fingerprint density at radius 2 is 2.22 bits per heavy atom. The van der Waals surface area contributed by atoms with Crippen LogP contribution in [0.5, 0.6) is 5.88 Å². The highest BCUT2D eigenvalue weighted by Crippen LogP contribution is 2.18. The van der Waals surface area contributed by atoms with Crippen LogP contribution >= 0.6 is 12.2 Å². The lowest BCUT2D eigenvalue weighted by Crippen LogP contribution is -2.30. The van der Waals surface area contributed by atoms with E-state index >= 15 is 0 Å². The monoisotopic (exact) mass is 269 g/mol. The van der Waals surface area contributed by atoms with Gasteiger partial charge >= 0.3 is 0 Å². The van der Waals surface area contributed by atoms with E-state index in [4.69, 9.17) is 27.4 Å². The Labute approximate surface area is 113 Å². The molecule has 0 saturated carbocycles. The molecular formula is C12H19N3O2S. The van der Waals surface area contributed by atoms with Gasteiger partial charge in [0.1, 0.15) is 0 Å². The van der Waals surface area contributed by atoms with Crippen molar-refractivity contribution in [1.29, 1.82) is 0 Å². The van der Waals surface area contributed by atoms with Gasteiger partial charge in [0.05, 0.1) is 18.7 Å². The van der Waals surface area contributed by atoms with E-state index in [9.17, 15) is 0 Å². The van der Waals surface area contributed by atoms with Crippen molar-refractivity contribution in [1.82, 2.24) is 4.98 Å². The molecule has 6 heteroatoms. The van der Waals surface area contributed by atoms with Gasteiger partial charge in [-0.25, -0.2) is 4.98 Å². The fourth-order valence-electron chi connectivity index (χ4n) is 1.52. The lowest BCUT2D eigenvalue weighted by Gasteiger charge is -2.24. The van der Waals surface area contributed by atoms with Crippen LogP contribution in [0.3, 0.4) is 0 Å². The molecule has 0 aromatic carbocycles. The smallest absolute Gasteiger partial charge is 0.214 e. The first-order valence-electron chi connectivity index (χ1n) is 5.69. The molecule has 5 nitrogen and oxygen atoms in total. The molecular weight excluding hydrogens is 250 g/mol. The summed E-state index contributed by atoms with van der Waals surface area (Å²) in [6, 6.07) is 3.81. The van der Waals surface area contributed by atoms with E-state index in [1.165, 1.54) is 0 Å². The summed E-state index contributed by atoms with van der Waals surface area (Å²) in [5.41, 5.74) is 6.56. The first-order chi connectivity index (χ1) is 8.67. The predicted octanol–water partition coefficient (Wildman–Crippen LogP) is 1.22. The molecule has 1 aromatic heterocycles. The van der Waals surface area contributed by atoms with Crippen molar-refractivity contribution < 1.29 is 9.47 Å². The maximum absolute atomic E-state index is 5.54. The molecule has 100 valence electrons. The lowest BCUT2D eigenvalue weighted by atomic mass is 10.3. The second kappa shape index (κ2) is 7.84. The van der Waals surface area contributed by atoms with Crippen molar-refractivity contribution >= 4 is 22.9 Å². The highest BCUT2D eigenvalue weighted by Gasteiger charge is 2.08. The summed E-state index contributed by atoms with van der Waals surface area (Å²) in [6.45, 7) is 2.17. The molecule has 0 saturated heterocycles. The molecule has 0 spiro atoms. The molecule has 0 radical (unpaired) electrons. The summed E-state index contributed by atoms with van der Waals surface area (Å²) >= 11 is 4.91. The quantitative estimate of drug-likeness (QED) is 0.716. The molecule has 0 bridgehead atoms. The Bertz CT molecular complexity index is 387. The van der Waals surface area contributed by atoms with E-state index in [2.05, 4.69) is 9.88 Å². The SMILES string of the molecule is COCCN(CCC(N)=S)c1ccnc(OC)c1. The van der Waals surface area contributed by atoms with E-state index in [0.717, 1.165) is 18.8 Å². The summed E-state index contributed by atoms with van der Waals surface area (Å²) in [6.07, 6.45) is 2.39. The van der Waals surface area contributed by atoms with E-state index in [1.54, 1.807) is 20.4 Å². The molecule has 0 aliphatic rings. The molecule has 0 unspecified atom stereocenters. The zero-order chi connectivity index (χ0) is 13.4. The third-order valence-electron chi connectivity index (χ3n) is 2.49. The lowest BCUT2D eigenvalue weighted by molar-refractivity contribution is 0.205. The Morgan fingerprint density at radius 3 is 2.83 bits per heavy atom. The third-order valence-corrected chi connectivity index (χ3v) is 2.69. The number of aromatic nitrogens is 1. The Hall–Kier alpha value is -1.40. The molecule has 0 amide bonds. The van der Waals surface area contributed by atoms with E-state index < -0.39 is 0 Å². The second-order valence-corrected chi connectivity index (χ2v) is 4.28. The first kappa shape index (κ1) is 14.7. The topological polar surface area (TPSA) is 60.6 Å². The van der Waals surface area contributed by atoms with E-state index in [-0.39, 0.29) is 0 Å². The van der Waals surface area contributed by atoms with Gasteiger partial charge in [-0.2, -0.15) is 0 Å². The second-order valence-electron chi connectivity index (χ2n) is 3.75. The van der Waals surface area contributed by atoms with Crippen LogP contribution < -0.4 is 15.4 Å². The maximum Gasteiger partial charge on any atom is 0.214 e. The van der Waals surface area contributed by atoms with Crippen molar-refractivity contribution in [2.45, 2.75) is 6.42 Å². The van der Waals surface area contributed by atoms with Crippen LogP contribution in [0.1, 0.15) is 6.42 Å². The summed E-state index contributed by atoms with van der Waals surface area (Å²) in [5, 5.41) is 0. The standard InChI is InChI=1S/C12H19N3O2S/c1-16-8-7-15(6-4-11(13)18)10-3-5-14-12(9-10)17-2/h3,5,9H,4,6-8H2,1-2H3,(H2,13,18). The zero-order valence-corrected chi connectivity index (χ0v) is 11.6. The summed E-state index contributed by atoms with van der Waals surface area (Å²) < 4.78 is 10.2. The minimum absolute atomic E-state index is 0.512. The van der Waals surface area contributed by atoms with Gasteiger partial charge in [-0.1, -0.05) is 12.2 Å². The molecule has 18 heavy (non-hydrogen) atoms. The molecule has 1 rings (SSSR count). The van der Waals surface area contributed by atoms with Crippen molar-refractivity contribution in [2.75, 3.05) is 38.8 Å². The fraction of sp³-hybridized carbons (Fsp3) is 0.500. The number of rotatable bonds is 8. The zero-order valence-electron chi connectivity index (χ0n) is 10.8. The molecule has 2 N–H and O–H groups in total. The summed E-state index contributed by atoms with van der Waals surface area (Å²) in [5.74, 6) is 0.588. The maximum atomic E-state index is 5.54. The number of methoxy groups -OCH3 is 2. The first-order valence-corrected chi connectivity index (χ1v) is 6.10. The van der Waals surface area contributed by atoms with Crippen LogP contribution in [0.4, 0.5) is 5.69 Å². The minimum Gasteiger partial charge on any atom is -0.481 e. The Morgan fingerprint density at radius 1 is 1.44 bits per heavy atom. The highest BCUT2D eigenvalue weighted by atomic mass is 32.1. The van der Waals surface area contributed by atoms with Crippen molar-refractivity contribution in [3.63, 3.8) is 0 Å². The average Bonchev–Trinajstić information content (AvgIpc) is 2.38. The number of nitrogens with zero attached hydrogens (tertiary/aromatic N) is 2. The number of hydrogen-bond acceptors (Lipinski definition) is 5. The number of ether oxygens (including phenoxy) is 2. The Balaban J connectivity index is 2.75. The molecule has 0 aliphatic heterocycles. The number of hydrogen-bond donors (Lipinski definition) is 1. The van der Waals surface area contributed by atoms with Gasteiger partial charge in [0.25, 0.3) is 0 Å². The number of pyridine rings is 1. The van der Waals surface area contributed by atoms with E-state index in [1.807, 2.05) is 12.1 Å². The molecule has 0 fully saturated rings. The van der Waals surface area contributed by atoms with Gasteiger partial charge in [0, 0.05) is 44.6 Å². The van der Waals surface area contributed by atoms with Gasteiger partial charge < -0.3 is 20.1 Å². The largest absolute Gasteiger partial charge is 0.481 e. The number of thiocarbonyl (C=S) groups is 1. The van der Waals surface area contributed by atoms with Gasteiger partial charge in [-0.05, 0) is 6.07 Å². The number of nitrogens with two attached hydrogens (primary N) is 1. The van der Waals surface area contributed by atoms with Gasteiger partial charge in [-0.15, -0.1) is 0 Å². The Kier molecular flexibility index (Phi) is 6.38. The van der Waals surface area contributed by atoms with Gasteiger partial charge in [0.15, 0.2) is 0 Å². The molecule has 0 aliphatic carbocycles. The third kappa shape index (κ3) is 4.85. The van der Waals surface area contributed by atoms with Crippen LogP contribution in [0, 0.1) is 0 Å². The van der Waals surface area contributed by atoms with Crippen LogP contribution in [-0.4, -0.2) is 43.9 Å². The molecule has 0 atom stereocenters. The van der Waals surface area contributed by atoms with Gasteiger partial charge in [-0.3, -0.25) is 0 Å². The van der Waals surface area contributed by atoms with Crippen molar-refractivity contribution in [3.05, 3.63) is 18.3 Å². The summed E-state index contributed by atoms with van der Waals surface area (Å²) in [4.78, 5) is 6.74. The average molecular weight is 269 g/mol.